The Hall–Kier alpha value is -3.02. The van der Waals surface area contributed by atoms with Gasteiger partial charge in [-0.15, -0.1) is 0 Å². The molecule has 5 rings (SSSR count). The van der Waals surface area contributed by atoms with Crippen molar-refractivity contribution in [2.45, 2.75) is 56.9 Å². The maximum atomic E-state index is 14.3. The smallest absolute Gasteiger partial charge is 0.250 e. The van der Waals surface area contributed by atoms with E-state index in [-0.39, 0.29) is 18.9 Å². The van der Waals surface area contributed by atoms with E-state index in [1.165, 1.54) is 41.2 Å². The van der Waals surface area contributed by atoms with E-state index in [1.807, 2.05) is 30.3 Å². The number of rotatable bonds is 5. The molecule has 0 bridgehead atoms. The van der Waals surface area contributed by atoms with Crippen molar-refractivity contribution in [1.82, 2.24) is 4.90 Å². The van der Waals surface area contributed by atoms with E-state index in [0.717, 1.165) is 24.8 Å². The fourth-order valence-electron chi connectivity index (χ4n) is 5.60. The summed E-state index contributed by atoms with van der Waals surface area (Å²) in [6.07, 6.45) is 6.42. The minimum absolute atomic E-state index is 0.225. The molecule has 2 aliphatic heterocycles. The molecule has 2 aromatic carbocycles. The summed E-state index contributed by atoms with van der Waals surface area (Å²) < 4.78 is 14.3. The number of nitrogens with zero attached hydrogens (tertiary/aromatic N) is 2. The van der Waals surface area contributed by atoms with Crippen LogP contribution in [0.15, 0.2) is 48.5 Å². The summed E-state index contributed by atoms with van der Waals surface area (Å²) >= 11 is 0. The van der Waals surface area contributed by atoms with E-state index in [9.17, 15) is 18.8 Å². The Kier molecular flexibility index (Phi) is 5.31. The van der Waals surface area contributed by atoms with Crippen LogP contribution < -0.4 is 4.90 Å². The predicted molar refractivity (Wildman–Crippen MR) is 118 cm³/mol. The molecule has 1 unspecified atom stereocenters. The summed E-state index contributed by atoms with van der Waals surface area (Å²) in [4.78, 5) is 43.1. The van der Waals surface area contributed by atoms with Gasteiger partial charge in [0.25, 0.3) is 0 Å². The van der Waals surface area contributed by atoms with Gasteiger partial charge in [-0.1, -0.05) is 62.4 Å². The number of fused-ring (bicyclic) bond motifs is 2. The largest absolute Gasteiger partial charge is 0.306 e. The van der Waals surface area contributed by atoms with Crippen molar-refractivity contribution in [3.05, 3.63) is 65.5 Å². The van der Waals surface area contributed by atoms with Gasteiger partial charge in [-0.25, -0.2) is 4.39 Å². The minimum Gasteiger partial charge on any atom is -0.306 e. The number of carbonyl (C=O) groups excluding carboxylic acids is 3. The zero-order valence-corrected chi connectivity index (χ0v) is 18.1. The molecule has 166 valence electrons. The Morgan fingerprint density at radius 1 is 0.906 bits per heavy atom. The molecule has 1 aliphatic carbocycles. The number of halogens is 1. The Morgan fingerprint density at radius 3 is 2.38 bits per heavy atom. The Labute approximate surface area is 187 Å². The van der Waals surface area contributed by atoms with Crippen molar-refractivity contribution >= 4 is 23.4 Å². The van der Waals surface area contributed by atoms with Crippen LogP contribution in [0.1, 0.15) is 56.1 Å². The molecule has 1 atom stereocenters. The second kappa shape index (κ2) is 8.15. The van der Waals surface area contributed by atoms with Crippen LogP contribution in [-0.2, 0) is 26.3 Å². The number of anilines is 1. The van der Waals surface area contributed by atoms with E-state index < -0.39 is 23.0 Å². The number of hydrogen-bond donors (Lipinski definition) is 0. The van der Waals surface area contributed by atoms with Gasteiger partial charge in [-0.2, -0.15) is 0 Å². The summed E-state index contributed by atoms with van der Waals surface area (Å²) in [5.41, 5.74) is 0.0853. The van der Waals surface area contributed by atoms with Gasteiger partial charge in [0.05, 0.1) is 13.0 Å². The predicted octanol–water partition coefficient (Wildman–Crippen LogP) is 4.34. The van der Waals surface area contributed by atoms with Crippen molar-refractivity contribution in [3.8, 4) is 0 Å². The first-order valence-electron chi connectivity index (χ1n) is 11.5. The zero-order chi connectivity index (χ0) is 22.3. The number of benzene rings is 2. The quantitative estimate of drug-likeness (QED) is 0.520. The van der Waals surface area contributed by atoms with Gasteiger partial charge >= 0.3 is 0 Å². The summed E-state index contributed by atoms with van der Waals surface area (Å²) in [6.45, 7) is 0.601. The molecule has 0 radical (unpaired) electrons. The Bertz CT molecular complexity index is 1060. The SMILES string of the molecule is O=C1CC2(C(=O)N1CCC1CCCCC1)C(=O)N(Cc1ccccc1)c1ccc(F)cc12. The average molecular weight is 435 g/mol. The number of likely N-dealkylation sites (tertiary alicyclic amines) is 1. The van der Waals surface area contributed by atoms with Crippen LogP contribution in [0, 0.1) is 11.7 Å². The molecular formula is C26H27FN2O3. The second-order valence-corrected chi connectivity index (χ2v) is 9.26. The highest BCUT2D eigenvalue weighted by Gasteiger charge is 2.63. The maximum Gasteiger partial charge on any atom is 0.250 e. The molecule has 3 aliphatic rings. The average Bonchev–Trinajstić information content (AvgIpc) is 3.19. The van der Waals surface area contributed by atoms with Gasteiger partial charge in [0.1, 0.15) is 5.82 Å². The lowest BCUT2D eigenvalue weighted by Gasteiger charge is -2.25. The molecule has 5 nitrogen and oxygen atoms in total. The third kappa shape index (κ3) is 3.33. The summed E-state index contributed by atoms with van der Waals surface area (Å²) in [5, 5.41) is 0. The highest BCUT2D eigenvalue weighted by molar-refractivity contribution is 6.28. The van der Waals surface area contributed by atoms with E-state index in [4.69, 9.17) is 0 Å². The minimum atomic E-state index is -1.64. The van der Waals surface area contributed by atoms with Gasteiger partial charge in [-0.3, -0.25) is 19.3 Å². The molecule has 0 N–H and O–H groups in total. The van der Waals surface area contributed by atoms with Crippen LogP contribution in [0.4, 0.5) is 10.1 Å². The van der Waals surface area contributed by atoms with E-state index >= 15 is 0 Å². The number of imide groups is 1. The van der Waals surface area contributed by atoms with Crippen LogP contribution in [0.2, 0.25) is 0 Å². The maximum absolute atomic E-state index is 14.3. The van der Waals surface area contributed by atoms with Crippen LogP contribution in [0.3, 0.4) is 0 Å². The molecule has 32 heavy (non-hydrogen) atoms. The number of carbonyl (C=O) groups is 3. The lowest BCUT2D eigenvalue weighted by atomic mass is 9.80. The topological polar surface area (TPSA) is 57.7 Å². The van der Waals surface area contributed by atoms with Crippen LogP contribution in [-0.4, -0.2) is 29.2 Å². The zero-order valence-electron chi connectivity index (χ0n) is 18.1. The van der Waals surface area contributed by atoms with Crippen molar-refractivity contribution in [2.24, 2.45) is 5.92 Å². The van der Waals surface area contributed by atoms with E-state index in [0.29, 0.717) is 23.7 Å². The molecule has 2 aromatic rings. The van der Waals surface area contributed by atoms with E-state index in [1.54, 1.807) is 6.07 Å². The highest BCUT2D eigenvalue weighted by Crippen LogP contribution is 2.49. The molecule has 1 saturated heterocycles. The van der Waals surface area contributed by atoms with Crippen molar-refractivity contribution in [3.63, 3.8) is 0 Å². The fraction of sp³-hybridized carbons (Fsp3) is 0.423. The first-order chi connectivity index (χ1) is 15.5. The van der Waals surface area contributed by atoms with Gasteiger partial charge in [0.2, 0.25) is 17.7 Å². The number of amides is 3. The molecule has 0 aromatic heterocycles. The van der Waals surface area contributed by atoms with E-state index in [2.05, 4.69) is 0 Å². The normalized spacial score (nSPS) is 23.5. The first-order valence-corrected chi connectivity index (χ1v) is 11.5. The molecular weight excluding hydrogens is 407 g/mol. The molecule has 2 fully saturated rings. The Morgan fingerprint density at radius 2 is 1.62 bits per heavy atom. The second-order valence-electron chi connectivity index (χ2n) is 9.26. The van der Waals surface area contributed by atoms with Gasteiger partial charge in [-0.05, 0) is 36.1 Å². The van der Waals surface area contributed by atoms with Gasteiger partial charge < -0.3 is 4.90 Å². The van der Waals surface area contributed by atoms with Gasteiger partial charge in [0, 0.05) is 17.8 Å². The molecule has 3 amide bonds. The third-order valence-electron chi connectivity index (χ3n) is 7.32. The fourth-order valence-corrected chi connectivity index (χ4v) is 5.60. The highest BCUT2D eigenvalue weighted by atomic mass is 19.1. The molecule has 1 spiro atoms. The molecule has 2 heterocycles. The lowest BCUT2D eigenvalue weighted by Crippen LogP contribution is -2.46. The summed E-state index contributed by atoms with van der Waals surface area (Å²) in [7, 11) is 0. The molecule has 6 heteroatoms. The monoisotopic (exact) mass is 434 g/mol. The standard InChI is InChI=1S/C26H27FN2O3/c27-20-11-12-22-21(15-20)26(25(32)29(22)17-19-9-5-2-6-10-19)16-23(30)28(24(26)31)14-13-18-7-3-1-4-8-18/h2,5-6,9-12,15,18H,1,3-4,7-8,13-14,16-17H2. The Balaban J connectivity index is 1.46. The van der Waals surface area contributed by atoms with Crippen LogP contribution in [0.25, 0.3) is 0 Å². The lowest BCUT2D eigenvalue weighted by molar-refractivity contribution is -0.141. The van der Waals surface area contributed by atoms with Crippen LogP contribution >= 0.6 is 0 Å². The number of hydrogen-bond acceptors (Lipinski definition) is 3. The first kappa shape index (κ1) is 20.9. The van der Waals surface area contributed by atoms with Crippen LogP contribution in [0.5, 0.6) is 0 Å². The van der Waals surface area contributed by atoms with Crippen molar-refractivity contribution < 1.29 is 18.8 Å². The third-order valence-corrected chi connectivity index (χ3v) is 7.32. The summed E-state index contributed by atoms with van der Waals surface area (Å²) in [5.74, 6) is -1.26. The molecule has 1 saturated carbocycles. The summed E-state index contributed by atoms with van der Waals surface area (Å²) in [6, 6.07) is 13.6. The van der Waals surface area contributed by atoms with Gasteiger partial charge in [0.15, 0.2) is 5.41 Å². The van der Waals surface area contributed by atoms with Crippen molar-refractivity contribution in [1.29, 1.82) is 0 Å². The van der Waals surface area contributed by atoms with Crippen molar-refractivity contribution in [2.75, 3.05) is 11.4 Å².